The molecule has 0 heterocycles. The summed E-state index contributed by atoms with van der Waals surface area (Å²) in [6.07, 6.45) is 88.2. The van der Waals surface area contributed by atoms with Gasteiger partial charge in [0.1, 0.15) is 13.2 Å². The molecule has 0 aliphatic heterocycles. The van der Waals surface area contributed by atoms with Crippen LogP contribution in [0, 0.1) is 0 Å². The molecule has 0 aliphatic rings. The summed E-state index contributed by atoms with van der Waals surface area (Å²) in [7, 11) is 0. The van der Waals surface area contributed by atoms with Crippen LogP contribution in [-0.4, -0.2) is 37.2 Å². The highest BCUT2D eigenvalue weighted by Crippen LogP contribution is 2.17. The molecule has 440 valence electrons. The molecule has 0 aromatic heterocycles. The SMILES string of the molecule is CC/C=C\C/C=C\C/C=C\C/C=C\C/C=C\CCCC(=O)OC(COC(=O)CCCCCCCCCCCCCC/C=C\C/C=C\C/C=C\C/C=C\CC)COC(=O)CCCCCCCCCCCCCCCCCCC. The van der Waals surface area contributed by atoms with E-state index in [0.717, 1.165) is 103 Å². The molecule has 0 aliphatic carbocycles. The fourth-order valence-electron chi connectivity index (χ4n) is 9.00. The average Bonchev–Trinajstić information content (AvgIpc) is 3.43. The van der Waals surface area contributed by atoms with Gasteiger partial charge in [0.25, 0.3) is 0 Å². The van der Waals surface area contributed by atoms with Crippen molar-refractivity contribution in [3.8, 4) is 0 Å². The maximum absolute atomic E-state index is 12.9. The Bertz CT molecular complexity index is 1560. The van der Waals surface area contributed by atoms with Crippen molar-refractivity contribution in [2.75, 3.05) is 13.2 Å². The number of hydrogen-bond acceptors (Lipinski definition) is 6. The van der Waals surface area contributed by atoms with Gasteiger partial charge in [-0.15, -0.1) is 0 Å². The number of unbranched alkanes of at least 4 members (excludes halogenated alkanes) is 29. The molecule has 0 spiro atoms. The molecule has 0 bridgehead atoms. The third kappa shape index (κ3) is 62.8. The molecule has 1 unspecified atom stereocenters. The summed E-state index contributed by atoms with van der Waals surface area (Å²) in [5, 5.41) is 0. The monoisotopic (exact) mass is 1070 g/mol. The number of carbonyl (C=O) groups excluding carboxylic acids is 3. The largest absolute Gasteiger partial charge is 0.462 e. The van der Waals surface area contributed by atoms with E-state index in [1.807, 2.05) is 0 Å². The average molecular weight is 1070 g/mol. The van der Waals surface area contributed by atoms with E-state index in [9.17, 15) is 14.4 Å². The first kappa shape index (κ1) is 73.1. The molecule has 77 heavy (non-hydrogen) atoms. The van der Waals surface area contributed by atoms with E-state index in [2.05, 4.69) is 130 Å². The normalized spacial score (nSPS) is 12.8. The Kier molecular flexibility index (Phi) is 61.3. The molecule has 0 saturated heterocycles. The fourth-order valence-corrected chi connectivity index (χ4v) is 9.00. The van der Waals surface area contributed by atoms with Gasteiger partial charge in [-0.1, -0.05) is 297 Å². The highest BCUT2D eigenvalue weighted by molar-refractivity contribution is 5.71. The molecule has 0 N–H and O–H groups in total. The molecule has 0 fully saturated rings. The van der Waals surface area contributed by atoms with E-state index in [1.54, 1.807) is 0 Å². The zero-order valence-corrected chi connectivity index (χ0v) is 50.4. The van der Waals surface area contributed by atoms with Crippen molar-refractivity contribution in [2.45, 2.75) is 309 Å². The van der Waals surface area contributed by atoms with E-state index in [-0.39, 0.29) is 37.5 Å². The van der Waals surface area contributed by atoms with Gasteiger partial charge >= 0.3 is 17.9 Å². The molecule has 0 amide bonds. The van der Waals surface area contributed by atoms with E-state index >= 15 is 0 Å². The summed E-state index contributed by atoms with van der Waals surface area (Å²) < 4.78 is 16.9. The molecule has 0 aromatic carbocycles. The Labute approximate surface area is 476 Å². The van der Waals surface area contributed by atoms with Crippen LogP contribution in [0.3, 0.4) is 0 Å². The number of hydrogen-bond donors (Lipinski definition) is 0. The quantitative estimate of drug-likeness (QED) is 0.0261. The van der Waals surface area contributed by atoms with Crippen molar-refractivity contribution >= 4 is 17.9 Å². The minimum absolute atomic E-state index is 0.0989. The van der Waals surface area contributed by atoms with E-state index in [4.69, 9.17) is 14.2 Å². The van der Waals surface area contributed by atoms with Gasteiger partial charge in [-0.05, 0) is 96.3 Å². The Balaban J connectivity index is 4.39. The summed E-state index contributed by atoms with van der Waals surface area (Å²) in [6, 6.07) is 0. The third-order valence-corrected chi connectivity index (χ3v) is 13.8. The molecule has 6 nitrogen and oxygen atoms in total. The van der Waals surface area contributed by atoms with Gasteiger partial charge in [-0.3, -0.25) is 14.4 Å². The number of ether oxygens (including phenoxy) is 3. The van der Waals surface area contributed by atoms with Crippen LogP contribution in [-0.2, 0) is 28.6 Å². The second-order valence-corrected chi connectivity index (χ2v) is 21.3. The van der Waals surface area contributed by atoms with Crippen LogP contribution < -0.4 is 0 Å². The van der Waals surface area contributed by atoms with Crippen molar-refractivity contribution in [3.63, 3.8) is 0 Å². The van der Waals surface area contributed by atoms with Gasteiger partial charge < -0.3 is 14.2 Å². The van der Waals surface area contributed by atoms with Crippen LogP contribution >= 0.6 is 0 Å². The summed E-state index contributed by atoms with van der Waals surface area (Å²) in [5.74, 6) is -0.949. The van der Waals surface area contributed by atoms with Gasteiger partial charge in [0.05, 0.1) is 0 Å². The topological polar surface area (TPSA) is 78.9 Å². The smallest absolute Gasteiger partial charge is 0.306 e. The number of carbonyl (C=O) groups is 3. The molecule has 0 radical (unpaired) electrons. The van der Waals surface area contributed by atoms with Crippen molar-refractivity contribution in [1.29, 1.82) is 0 Å². The third-order valence-electron chi connectivity index (χ3n) is 13.8. The highest BCUT2D eigenvalue weighted by Gasteiger charge is 2.19. The Morgan fingerprint density at radius 2 is 0.519 bits per heavy atom. The Morgan fingerprint density at radius 3 is 0.831 bits per heavy atom. The van der Waals surface area contributed by atoms with Crippen molar-refractivity contribution in [3.05, 3.63) is 109 Å². The number of rotatable bonds is 58. The van der Waals surface area contributed by atoms with E-state index < -0.39 is 6.10 Å². The fraction of sp³-hybridized carbons (Fsp3) is 0.704. The van der Waals surface area contributed by atoms with Crippen molar-refractivity contribution < 1.29 is 28.6 Å². The lowest BCUT2D eigenvalue weighted by atomic mass is 10.0. The lowest BCUT2D eigenvalue weighted by Crippen LogP contribution is -2.30. The predicted octanol–water partition coefficient (Wildman–Crippen LogP) is 22.2. The van der Waals surface area contributed by atoms with Gasteiger partial charge in [0, 0.05) is 19.3 Å². The lowest BCUT2D eigenvalue weighted by molar-refractivity contribution is -0.167. The minimum Gasteiger partial charge on any atom is -0.462 e. The second-order valence-electron chi connectivity index (χ2n) is 21.3. The molecular formula is C71H120O6. The zero-order valence-electron chi connectivity index (χ0n) is 50.4. The van der Waals surface area contributed by atoms with Gasteiger partial charge in [-0.2, -0.15) is 0 Å². The first-order chi connectivity index (χ1) is 38.0. The first-order valence-corrected chi connectivity index (χ1v) is 32.4. The van der Waals surface area contributed by atoms with Crippen LogP contribution in [0.1, 0.15) is 303 Å². The summed E-state index contributed by atoms with van der Waals surface area (Å²) in [5.41, 5.74) is 0. The minimum atomic E-state index is -0.810. The summed E-state index contributed by atoms with van der Waals surface area (Å²) in [6.45, 7) is 6.40. The molecule has 1 atom stereocenters. The maximum atomic E-state index is 12.9. The number of esters is 3. The highest BCUT2D eigenvalue weighted by atomic mass is 16.6. The molecule has 6 heteroatoms. The standard InChI is InChI=1S/C71H120O6/c1-4-7-10-13-16-19-22-25-28-31-32-33-34-35-36-37-38-41-43-46-49-52-55-58-61-64-70(73)76-67-68(77-71(74)65-62-59-56-53-50-47-44-40-30-27-24-21-18-15-12-9-6-3)66-75-69(72)63-60-57-54-51-48-45-42-39-29-26-23-20-17-14-11-8-5-2/h7,9-10,12,16,18-19,21,25,27-28,30,32-33,44,47,53,56,68H,4-6,8,11,13-15,17,20,22-24,26,29,31,34-43,45-46,48-52,54-55,57-67H2,1-3H3/b10-7-,12-9-,19-16-,21-18-,28-25-,30-27-,33-32-,47-44-,56-53-. The van der Waals surface area contributed by atoms with E-state index in [1.165, 1.54) is 154 Å². The molecule has 0 aromatic rings. The van der Waals surface area contributed by atoms with E-state index in [0.29, 0.717) is 19.3 Å². The van der Waals surface area contributed by atoms with Crippen LogP contribution in [0.25, 0.3) is 0 Å². The van der Waals surface area contributed by atoms with Gasteiger partial charge in [-0.25, -0.2) is 0 Å². The van der Waals surface area contributed by atoms with Crippen LogP contribution in [0.4, 0.5) is 0 Å². The van der Waals surface area contributed by atoms with Crippen LogP contribution in [0.5, 0.6) is 0 Å². The predicted molar refractivity (Wildman–Crippen MR) is 334 cm³/mol. The number of allylic oxidation sites excluding steroid dienone is 18. The molecule has 0 saturated carbocycles. The summed E-state index contributed by atoms with van der Waals surface area (Å²) in [4.78, 5) is 38.3. The van der Waals surface area contributed by atoms with Crippen molar-refractivity contribution in [2.24, 2.45) is 0 Å². The summed E-state index contributed by atoms with van der Waals surface area (Å²) >= 11 is 0. The van der Waals surface area contributed by atoms with Gasteiger partial charge in [0.15, 0.2) is 6.10 Å². The van der Waals surface area contributed by atoms with Crippen LogP contribution in [0.2, 0.25) is 0 Å². The molecule has 0 rings (SSSR count). The Morgan fingerprint density at radius 1 is 0.273 bits per heavy atom. The van der Waals surface area contributed by atoms with Crippen LogP contribution in [0.15, 0.2) is 109 Å². The zero-order chi connectivity index (χ0) is 55.7. The Hall–Kier alpha value is -3.93. The second kappa shape index (κ2) is 64.6. The van der Waals surface area contributed by atoms with Crippen molar-refractivity contribution in [1.82, 2.24) is 0 Å². The lowest BCUT2D eigenvalue weighted by Gasteiger charge is -2.18. The molecular weight excluding hydrogens is 949 g/mol. The first-order valence-electron chi connectivity index (χ1n) is 32.4. The van der Waals surface area contributed by atoms with Gasteiger partial charge in [0.2, 0.25) is 0 Å². The maximum Gasteiger partial charge on any atom is 0.306 e.